The van der Waals surface area contributed by atoms with Crippen molar-refractivity contribution in [2.75, 3.05) is 6.54 Å². The van der Waals surface area contributed by atoms with Gasteiger partial charge in [0.15, 0.2) is 0 Å². The summed E-state index contributed by atoms with van der Waals surface area (Å²) >= 11 is 0. The summed E-state index contributed by atoms with van der Waals surface area (Å²) in [4.78, 5) is 0. The smallest absolute Gasteiger partial charge is 0.0383 e. The van der Waals surface area contributed by atoms with Crippen molar-refractivity contribution in [2.45, 2.75) is 27.2 Å². The van der Waals surface area contributed by atoms with Crippen LogP contribution in [0.15, 0.2) is 16.9 Å². The van der Waals surface area contributed by atoms with Crippen LogP contribution in [-0.4, -0.2) is 18.3 Å². The van der Waals surface area contributed by atoms with Crippen LogP contribution in [0.1, 0.15) is 27.2 Å². The number of rotatable bonds is 4. The minimum atomic E-state index is 0.900. The summed E-state index contributed by atoms with van der Waals surface area (Å²) in [6, 6.07) is 0. The van der Waals surface area contributed by atoms with Gasteiger partial charge in [0.25, 0.3) is 0 Å². The van der Waals surface area contributed by atoms with Crippen molar-refractivity contribution in [2.24, 2.45) is 5.10 Å². The largest absolute Gasteiger partial charge is 0.271 e. The number of hydrogen-bond donors (Lipinski definition) is 0. The average molecular weight is 140 g/mol. The molecule has 0 bridgehead atoms. The van der Waals surface area contributed by atoms with Crippen LogP contribution in [0.25, 0.3) is 0 Å². The standard InChI is InChI=1S/C8H16N2/c1-5-8(6-2)10(7-3)9-4/h5H,4,6-7H2,1-3H3/b8-5-. The van der Waals surface area contributed by atoms with Crippen molar-refractivity contribution in [1.29, 1.82) is 0 Å². The maximum Gasteiger partial charge on any atom is 0.0383 e. The van der Waals surface area contributed by atoms with Crippen LogP contribution in [0.5, 0.6) is 0 Å². The Hall–Kier alpha value is -0.790. The fraction of sp³-hybridized carbons (Fsp3) is 0.625. The Morgan fingerprint density at radius 2 is 2.20 bits per heavy atom. The van der Waals surface area contributed by atoms with Gasteiger partial charge in [-0.05, 0) is 20.3 Å². The SMILES string of the molecule is C=NN(CC)/C(=C\C)CC. The highest BCUT2D eigenvalue weighted by Gasteiger charge is 1.99. The second-order valence-corrected chi connectivity index (χ2v) is 1.99. The molecule has 0 aliphatic heterocycles. The van der Waals surface area contributed by atoms with Gasteiger partial charge >= 0.3 is 0 Å². The van der Waals surface area contributed by atoms with Gasteiger partial charge in [0.1, 0.15) is 0 Å². The van der Waals surface area contributed by atoms with Gasteiger partial charge < -0.3 is 0 Å². The summed E-state index contributed by atoms with van der Waals surface area (Å²) in [5, 5.41) is 5.77. The van der Waals surface area contributed by atoms with E-state index in [-0.39, 0.29) is 0 Å². The van der Waals surface area contributed by atoms with Crippen LogP contribution < -0.4 is 0 Å². The first-order valence-electron chi connectivity index (χ1n) is 3.69. The van der Waals surface area contributed by atoms with E-state index >= 15 is 0 Å². The molecule has 0 saturated heterocycles. The Labute approximate surface area is 63.2 Å². The van der Waals surface area contributed by atoms with Crippen molar-refractivity contribution < 1.29 is 0 Å². The normalized spacial score (nSPS) is 11.3. The third-order valence-corrected chi connectivity index (χ3v) is 1.50. The molecule has 0 N–H and O–H groups in total. The van der Waals surface area contributed by atoms with Gasteiger partial charge in [0, 0.05) is 19.0 Å². The Bertz CT molecular complexity index is 127. The van der Waals surface area contributed by atoms with E-state index in [4.69, 9.17) is 0 Å². The number of hydrogen-bond acceptors (Lipinski definition) is 2. The molecule has 2 nitrogen and oxygen atoms in total. The van der Waals surface area contributed by atoms with Crippen molar-refractivity contribution in [3.63, 3.8) is 0 Å². The first-order chi connectivity index (χ1) is 4.79. The second kappa shape index (κ2) is 5.03. The predicted molar refractivity (Wildman–Crippen MR) is 46.0 cm³/mol. The Balaban J connectivity index is 4.10. The van der Waals surface area contributed by atoms with E-state index in [1.807, 2.05) is 11.9 Å². The molecule has 0 atom stereocenters. The Kier molecular flexibility index (Phi) is 4.63. The van der Waals surface area contributed by atoms with Crippen LogP contribution >= 0.6 is 0 Å². The lowest BCUT2D eigenvalue weighted by molar-refractivity contribution is 0.376. The van der Waals surface area contributed by atoms with E-state index < -0.39 is 0 Å². The highest BCUT2D eigenvalue weighted by molar-refractivity contribution is 5.23. The second-order valence-electron chi connectivity index (χ2n) is 1.99. The molecule has 0 rings (SSSR count). The molecule has 0 heterocycles. The van der Waals surface area contributed by atoms with Crippen LogP contribution in [0, 0.1) is 0 Å². The van der Waals surface area contributed by atoms with Crippen molar-refractivity contribution in [1.82, 2.24) is 5.01 Å². The zero-order chi connectivity index (χ0) is 7.98. The minimum Gasteiger partial charge on any atom is -0.271 e. The third-order valence-electron chi connectivity index (χ3n) is 1.50. The van der Waals surface area contributed by atoms with Crippen molar-refractivity contribution in [3.8, 4) is 0 Å². The molecule has 2 heteroatoms. The van der Waals surface area contributed by atoms with E-state index in [1.165, 1.54) is 5.70 Å². The van der Waals surface area contributed by atoms with Gasteiger partial charge in [-0.15, -0.1) is 0 Å². The van der Waals surface area contributed by atoms with Crippen LogP contribution in [-0.2, 0) is 0 Å². The average Bonchev–Trinajstić information content (AvgIpc) is 2.00. The maximum absolute atomic E-state index is 3.86. The molecule has 0 aromatic rings. The van der Waals surface area contributed by atoms with E-state index in [9.17, 15) is 0 Å². The molecule has 0 aromatic heterocycles. The fourth-order valence-electron chi connectivity index (χ4n) is 0.930. The van der Waals surface area contributed by atoms with Gasteiger partial charge in [-0.3, -0.25) is 5.01 Å². The summed E-state index contributed by atoms with van der Waals surface area (Å²) in [5.41, 5.74) is 1.23. The predicted octanol–water partition coefficient (Wildman–Crippen LogP) is 2.24. The summed E-state index contributed by atoms with van der Waals surface area (Å²) in [6.07, 6.45) is 3.08. The van der Waals surface area contributed by atoms with Crippen molar-refractivity contribution in [3.05, 3.63) is 11.8 Å². The quantitative estimate of drug-likeness (QED) is 0.432. The molecule has 0 saturated carbocycles. The molecular formula is C8H16N2. The molecule has 58 valence electrons. The van der Waals surface area contributed by atoms with Gasteiger partial charge in [-0.25, -0.2) is 0 Å². The van der Waals surface area contributed by atoms with Gasteiger partial charge in [0.2, 0.25) is 0 Å². The minimum absolute atomic E-state index is 0.900. The molecule has 10 heavy (non-hydrogen) atoms. The molecule has 0 unspecified atom stereocenters. The third kappa shape index (κ3) is 2.21. The fourth-order valence-corrected chi connectivity index (χ4v) is 0.930. The van der Waals surface area contributed by atoms with E-state index in [0.29, 0.717) is 0 Å². The van der Waals surface area contributed by atoms with E-state index in [1.54, 1.807) is 0 Å². The van der Waals surface area contributed by atoms with E-state index in [2.05, 4.69) is 31.7 Å². The summed E-state index contributed by atoms with van der Waals surface area (Å²) < 4.78 is 0. The first-order valence-corrected chi connectivity index (χ1v) is 3.69. The zero-order valence-electron chi connectivity index (χ0n) is 7.09. The molecule has 0 aromatic carbocycles. The number of hydrazone groups is 1. The molecular weight excluding hydrogens is 124 g/mol. The van der Waals surface area contributed by atoms with Crippen LogP contribution in [0.2, 0.25) is 0 Å². The van der Waals surface area contributed by atoms with E-state index in [0.717, 1.165) is 13.0 Å². The number of nitrogens with zero attached hydrogens (tertiary/aromatic N) is 2. The molecule has 0 fully saturated rings. The first kappa shape index (κ1) is 9.21. The zero-order valence-corrected chi connectivity index (χ0v) is 7.09. The van der Waals surface area contributed by atoms with Gasteiger partial charge in [-0.2, -0.15) is 5.10 Å². The van der Waals surface area contributed by atoms with Gasteiger partial charge in [-0.1, -0.05) is 13.0 Å². The summed E-state index contributed by atoms with van der Waals surface area (Å²) in [5.74, 6) is 0. The summed E-state index contributed by atoms with van der Waals surface area (Å²) in [7, 11) is 0. The molecule has 0 amide bonds. The highest BCUT2D eigenvalue weighted by atomic mass is 15.4. The summed E-state index contributed by atoms with van der Waals surface area (Å²) in [6.45, 7) is 10.6. The molecule has 0 aliphatic rings. The Morgan fingerprint density at radius 3 is 2.30 bits per heavy atom. The monoisotopic (exact) mass is 140 g/mol. The lowest BCUT2D eigenvalue weighted by Gasteiger charge is -2.17. The topological polar surface area (TPSA) is 15.6 Å². The Morgan fingerprint density at radius 1 is 1.60 bits per heavy atom. The lowest BCUT2D eigenvalue weighted by Crippen LogP contribution is -2.14. The van der Waals surface area contributed by atoms with Crippen molar-refractivity contribution >= 4 is 6.72 Å². The number of allylic oxidation sites excluding steroid dienone is 2. The van der Waals surface area contributed by atoms with Crippen LogP contribution in [0.3, 0.4) is 0 Å². The highest BCUT2D eigenvalue weighted by Crippen LogP contribution is 2.07. The van der Waals surface area contributed by atoms with Gasteiger partial charge in [0.05, 0.1) is 0 Å². The van der Waals surface area contributed by atoms with Crippen LogP contribution in [0.4, 0.5) is 0 Å². The lowest BCUT2D eigenvalue weighted by atomic mass is 10.3. The maximum atomic E-state index is 3.86. The molecule has 0 radical (unpaired) electrons. The molecule has 0 aliphatic carbocycles. The molecule has 0 spiro atoms.